The molecule has 0 aliphatic rings. The van der Waals surface area contributed by atoms with Gasteiger partial charge in [0, 0.05) is 12.6 Å². The lowest BCUT2D eigenvalue weighted by Gasteiger charge is -2.11. The van der Waals surface area contributed by atoms with Crippen molar-refractivity contribution in [2.24, 2.45) is 0 Å². The highest BCUT2D eigenvalue weighted by atomic mass is 19.2. The van der Waals surface area contributed by atoms with Gasteiger partial charge in [-0.2, -0.15) is 0 Å². The molecule has 0 aliphatic carbocycles. The van der Waals surface area contributed by atoms with Gasteiger partial charge in [-0.1, -0.05) is 12.1 Å². The second kappa shape index (κ2) is 8.60. The summed E-state index contributed by atoms with van der Waals surface area (Å²) in [5, 5.41) is 5.83. The van der Waals surface area contributed by atoms with Gasteiger partial charge in [0.15, 0.2) is 17.5 Å². The zero-order chi connectivity index (χ0) is 20.1. The Morgan fingerprint density at radius 2 is 1.64 bits per heavy atom. The lowest BCUT2D eigenvalue weighted by molar-refractivity contribution is 0.414. The van der Waals surface area contributed by atoms with Gasteiger partial charge in [0.1, 0.15) is 23.2 Å². The molecule has 0 radical (unpaired) electrons. The standard InChI is InChI=1S/C20H19F3N4O/c1-12-25-17(24-10-9-13-3-5-14(28-2)6-4-13)11-18(26-12)27-16-8-7-15(21)19(22)20(16)23/h3-8,11H,9-10H2,1-2H3,(H2,24,25,26,27). The van der Waals surface area contributed by atoms with Crippen molar-refractivity contribution in [1.29, 1.82) is 0 Å². The quantitative estimate of drug-likeness (QED) is 0.579. The van der Waals surface area contributed by atoms with E-state index < -0.39 is 17.5 Å². The first kappa shape index (κ1) is 19.5. The van der Waals surface area contributed by atoms with Gasteiger partial charge >= 0.3 is 0 Å². The largest absolute Gasteiger partial charge is 0.497 e. The van der Waals surface area contributed by atoms with E-state index in [1.807, 2.05) is 24.3 Å². The molecule has 0 bridgehead atoms. The van der Waals surface area contributed by atoms with Gasteiger partial charge in [-0.05, 0) is 43.2 Å². The number of anilines is 3. The Morgan fingerprint density at radius 3 is 2.36 bits per heavy atom. The Kier molecular flexibility index (Phi) is 5.98. The molecule has 3 aromatic rings. The van der Waals surface area contributed by atoms with Crippen molar-refractivity contribution in [3.05, 3.63) is 71.3 Å². The molecule has 5 nitrogen and oxygen atoms in total. The van der Waals surface area contributed by atoms with Crippen LogP contribution in [0.25, 0.3) is 0 Å². The molecule has 1 heterocycles. The molecule has 0 unspecified atom stereocenters. The van der Waals surface area contributed by atoms with Crippen LogP contribution >= 0.6 is 0 Å². The molecule has 8 heteroatoms. The van der Waals surface area contributed by atoms with Gasteiger partial charge in [0.2, 0.25) is 0 Å². The summed E-state index contributed by atoms with van der Waals surface area (Å²) in [7, 11) is 1.62. The lowest BCUT2D eigenvalue weighted by atomic mass is 10.1. The first-order valence-corrected chi connectivity index (χ1v) is 8.59. The van der Waals surface area contributed by atoms with Crippen LogP contribution in [0.5, 0.6) is 5.75 Å². The topological polar surface area (TPSA) is 59.1 Å². The zero-order valence-corrected chi connectivity index (χ0v) is 15.4. The minimum Gasteiger partial charge on any atom is -0.497 e. The number of hydrogen-bond donors (Lipinski definition) is 2. The third-order valence-corrected chi connectivity index (χ3v) is 4.01. The molecule has 2 aromatic carbocycles. The predicted molar refractivity (Wildman–Crippen MR) is 102 cm³/mol. The van der Waals surface area contributed by atoms with Crippen LogP contribution in [0.15, 0.2) is 42.5 Å². The molecule has 1 aromatic heterocycles. The molecule has 0 spiro atoms. The minimum absolute atomic E-state index is 0.207. The number of hydrogen-bond acceptors (Lipinski definition) is 5. The molecule has 0 fully saturated rings. The van der Waals surface area contributed by atoms with E-state index in [4.69, 9.17) is 4.74 Å². The number of aromatic nitrogens is 2. The molecule has 0 aliphatic heterocycles. The van der Waals surface area contributed by atoms with Crippen LogP contribution in [0.4, 0.5) is 30.5 Å². The van der Waals surface area contributed by atoms with Crippen LogP contribution in [-0.4, -0.2) is 23.6 Å². The number of halogens is 3. The number of methoxy groups -OCH3 is 1. The molecule has 2 N–H and O–H groups in total. The van der Waals surface area contributed by atoms with Crippen LogP contribution < -0.4 is 15.4 Å². The zero-order valence-electron chi connectivity index (χ0n) is 15.4. The second-order valence-corrected chi connectivity index (χ2v) is 6.06. The van der Waals surface area contributed by atoms with Crippen LogP contribution in [0.1, 0.15) is 11.4 Å². The molecule has 0 amide bonds. The van der Waals surface area contributed by atoms with Crippen molar-refractivity contribution in [3.8, 4) is 5.75 Å². The van der Waals surface area contributed by atoms with Crippen molar-refractivity contribution in [2.45, 2.75) is 13.3 Å². The minimum atomic E-state index is -1.53. The molecular formula is C20H19F3N4O. The maximum absolute atomic E-state index is 13.8. The van der Waals surface area contributed by atoms with Crippen molar-refractivity contribution in [1.82, 2.24) is 9.97 Å². The van der Waals surface area contributed by atoms with Crippen molar-refractivity contribution in [2.75, 3.05) is 24.3 Å². The number of nitrogens with zero attached hydrogens (tertiary/aromatic N) is 2. The Hall–Kier alpha value is -3.29. The van der Waals surface area contributed by atoms with E-state index in [0.717, 1.165) is 29.9 Å². The third kappa shape index (κ3) is 4.70. The number of nitrogens with one attached hydrogen (secondary N) is 2. The highest BCUT2D eigenvalue weighted by molar-refractivity contribution is 5.60. The third-order valence-electron chi connectivity index (χ3n) is 4.01. The average molecular weight is 388 g/mol. The molecule has 0 atom stereocenters. The molecule has 3 rings (SSSR count). The summed E-state index contributed by atoms with van der Waals surface area (Å²) in [6.07, 6.45) is 0.758. The first-order valence-electron chi connectivity index (χ1n) is 8.59. The van der Waals surface area contributed by atoms with E-state index in [2.05, 4.69) is 20.6 Å². The number of benzene rings is 2. The fraction of sp³-hybridized carbons (Fsp3) is 0.200. The van der Waals surface area contributed by atoms with Gasteiger partial charge in [-0.15, -0.1) is 0 Å². The summed E-state index contributed by atoms with van der Waals surface area (Å²) < 4.78 is 45.4. The van der Waals surface area contributed by atoms with Gasteiger partial charge in [0.05, 0.1) is 12.8 Å². The molecule has 28 heavy (non-hydrogen) atoms. The normalized spacial score (nSPS) is 10.6. The van der Waals surface area contributed by atoms with Crippen molar-refractivity contribution >= 4 is 17.3 Å². The highest BCUT2D eigenvalue weighted by Crippen LogP contribution is 2.23. The Morgan fingerprint density at radius 1 is 0.929 bits per heavy atom. The number of rotatable bonds is 7. The highest BCUT2D eigenvalue weighted by Gasteiger charge is 2.14. The fourth-order valence-electron chi connectivity index (χ4n) is 2.61. The smallest absolute Gasteiger partial charge is 0.196 e. The van der Waals surface area contributed by atoms with E-state index >= 15 is 0 Å². The Bertz CT molecular complexity index is 964. The molecule has 146 valence electrons. The second-order valence-electron chi connectivity index (χ2n) is 6.06. The Balaban J connectivity index is 1.66. The van der Waals surface area contributed by atoms with Crippen molar-refractivity contribution in [3.63, 3.8) is 0 Å². The lowest BCUT2D eigenvalue weighted by Crippen LogP contribution is -2.09. The summed E-state index contributed by atoms with van der Waals surface area (Å²) in [5.74, 6) is -2.04. The van der Waals surface area contributed by atoms with E-state index in [1.54, 1.807) is 20.1 Å². The fourth-order valence-corrected chi connectivity index (χ4v) is 2.61. The summed E-state index contributed by atoms with van der Waals surface area (Å²) >= 11 is 0. The van der Waals surface area contributed by atoms with Crippen LogP contribution in [0, 0.1) is 24.4 Å². The van der Waals surface area contributed by atoms with Gasteiger partial charge in [0.25, 0.3) is 0 Å². The van der Waals surface area contributed by atoms with Gasteiger partial charge in [-0.25, -0.2) is 23.1 Å². The van der Waals surface area contributed by atoms with Crippen LogP contribution in [0.2, 0.25) is 0 Å². The molecule has 0 saturated heterocycles. The van der Waals surface area contributed by atoms with Crippen LogP contribution in [-0.2, 0) is 6.42 Å². The maximum atomic E-state index is 13.8. The van der Waals surface area contributed by atoms with Crippen LogP contribution in [0.3, 0.4) is 0 Å². The van der Waals surface area contributed by atoms with Crippen molar-refractivity contribution < 1.29 is 17.9 Å². The first-order chi connectivity index (χ1) is 13.5. The number of ether oxygens (including phenoxy) is 1. The van der Waals surface area contributed by atoms with Gasteiger partial charge < -0.3 is 15.4 Å². The van der Waals surface area contributed by atoms with E-state index in [9.17, 15) is 13.2 Å². The van der Waals surface area contributed by atoms with E-state index in [1.165, 1.54) is 0 Å². The molecule has 0 saturated carbocycles. The average Bonchev–Trinajstić information content (AvgIpc) is 2.69. The predicted octanol–water partition coefficient (Wildman–Crippen LogP) is 4.61. The Labute approximate surface area is 160 Å². The summed E-state index contributed by atoms with van der Waals surface area (Å²) in [6.45, 7) is 2.29. The summed E-state index contributed by atoms with van der Waals surface area (Å²) in [4.78, 5) is 8.43. The molecular weight excluding hydrogens is 369 g/mol. The monoisotopic (exact) mass is 388 g/mol. The van der Waals surface area contributed by atoms with E-state index in [-0.39, 0.29) is 11.5 Å². The SMILES string of the molecule is COc1ccc(CCNc2cc(Nc3ccc(F)c(F)c3F)nc(C)n2)cc1. The summed E-state index contributed by atoms with van der Waals surface area (Å²) in [5.41, 5.74) is 0.919. The number of aryl methyl sites for hydroxylation is 1. The summed E-state index contributed by atoms with van der Waals surface area (Å²) in [6, 6.07) is 11.3. The van der Waals surface area contributed by atoms with Gasteiger partial charge in [-0.3, -0.25) is 0 Å². The maximum Gasteiger partial charge on any atom is 0.196 e. The van der Waals surface area contributed by atoms with E-state index in [0.29, 0.717) is 18.2 Å².